The first-order chi connectivity index (χ1) is 15.6. The molecule has 160 valence electrons. The number of rotatable bonds is 5. The highest BCUT2D eigenvalue weighted by molar-refractivity contribution is 5.94. The number of amides is 1. The van der Waals surface area contributed by atoms with Crippen LogP contribution in [-0.4, -0.2) is 27.6 Å². The molecule has 8 heteroatoms. The zero-order chi connectivity index (χ0) is 22.1. The molecule has 0 aliphatic carbocycles. The Morgan fingerprint density at radius 3 is 2.72 bits per heavy atom. The van der Waals surface area contributed by atoms with E-state index in [4.69, 9.17) is 9.47 Å². The van der Waals surface area contributed by atoms with Gasteiger partial charge in [0.1, 0.15) is 11.6 Å². The molecule has 0 saturated carbocycles. The topological polar surface area (TPSA) is 84.5 Å². The molecule has 0 radical (unpaired) electrons. The van der Waals surface area contributed by atoms with Crippen LogP contribution >= 0.6 is 0 Å². The Bertz CT molecular complexity index is 1390. The lowest BCUT2D eigenvalue weighted by Crippen LogP contribution is -2.31. The monoisotopic (exact) mass is 431 g/mol. The fourth-order valence-corrected chi connectivity index (χ4v) is 3.65. The molecule has 5 rings (SSSR count). The van der Waals surface area contributed by atoms with Crippen LogP contribution in [0.25, 0.3) is 10.9 Å². The molecule has 1 aliphatic heterocycles. The number of benzene rings is 3. The highest BCUT2D eigenvalue weighted by Crippen LogP contribution is 2.33. The average Bonchev–Trinajstić information content (AvgIpc) is 3.26. The summed E-state index contributed by atoms with van der Waals surface area (Å²) in [6.45, 7) is 0.374. The largest absolute Gasteiger partial charge is 0.454 e. The molecule has 2 heterocycles. The number of nitrogens with zero attached hydrogens (tertiary/aromatic N) is 2. The normalized spacial score (nSPS) is 12.2. The van der Waals surface area contributed by atoms with Crippen LogP contribution in [0.3, 0.4) is 0 Å². The Morgan fingerprint density at radius 2 is 1.84 bits per heavy atom. The number of fused-ring (bicyclic) bond motifs is 2. The number of para-hydroxylation sites is 1. The van der Waals surface area contributed by atoms with Gasteiger partial charge >= 0.3 is 0 Å². The first-order valence-corrected chi connectivity index (χ1v) is 9.98. The second-order valence-electron chi connectivity index (χ2n) is 7.39. The van der Waals surface area contributed by atoms with Crippen molar-refractivity contribution in [3.8, 4) is 11.5 Å². The van der Waals surface area contributed by atoms with Gasteiger partial charge in [-0.05, 0) is 48.0 Å². The highest BCUT2D eigenvalue weighted by Gasteiger charge is 2.21. The molecule has 1 aliphatic rings. The lowest BCUT2D eigenvalue weighted by Gasteiger charge is -2.23. The van der Waals surface area contributed by atoms with Crippen molar-refractivity contribution in [2.24, 2.45) is 0 Å². The Hall–Kier alpha value is -4.20. The number of hydrogen-bond acceptors (Lipinski definition) is 5. The number of nitrogens with one attached hydrogen (secondary N) is 1. The summed E-state index contributed by atoms with van der Waals surface area (Å²) in [5.74, 6) is 0.670. The lowest BCUT2D eigenvalue weighted by atomic mass is 10.1. The van der Waals surface area contributed by atoms with E-state index in [0.717, 1.165) is 5.56 Å². The van der Waals surface area contributed by atoms with Gasteiger partial charge in [0.15, 0.2) is 11.5 Å². The van der Waals surface area contributed by atoms with Crippen molar-refractivity contribution in [3.63, 3.8) is 0 Å². The van der Waals surface area contributed by atoms with E-state index in [0.29, 0.717) is 28.2 Å². The summed E-state index contributed by atoms with van der Waals surface area (Å²) in [4.78, 5) is 34.5. The average molecular weight is 431 g/mol. The number of H-pyrrole nitrogens is 1. The molecular weight excluding hydrogens is 413 g/mol. The molecule has 7 nitrogen and oxygen atoms in total. The smallest absolute Gasteiger partial charge is 0.258 e. The van der Waals surface area contributed by atoms with E-state index in [1.807, 2.05) is 6.07 Å². The minimum Gasteiger partial charge on any atom is -0.454 e. The zero-order valence-electron chi connectivity index (χ0n) is 16.9. The van der Waals surface area contributed by atoms with E-state index in [1.54, 1.807) is 42.5 Å². The van der Waals surface area contributed by atoms with Gasteiger partial charge in [0.05, 0.1) is 17.4 Å². The number of carbonyl (C=O) groups is 1. The van der Waals surface area contributed by atoms with Crippen LogP contribution in [0.5, 0.6) is 11.5 Å². The third-order valence-corrected chi connectivity index (χ3v) is 5.17. The van der Waals surface area contributed by atoms with Crippen LogP contribution in [0.4, 0.5) is 4.39 Å². The first-order valence-electron chi connectivity index (χ1n) is 9.98. The molecule has 0 unspecified atom stereocenters. The van der Waals surface area contributed by atoms with Gasteiger partial charge in [-0.25, -0.2) is 9.37 Å². The van der Waals surface area contributed by atoms with Crippen LogP contribution in [0, 0.1) is 5.82 Å². The number of carbonyl (C=O) groups excluding carboxylic acids is 1. The fourth-order valence-electron chi connectivity index (χ4n) is 3.65. The van der Waals surface area contributed by atoms with Crippen molar-refractivity contribution < 1.29 is 18.7 Å². The van der Waals surface area contributed by atoms with Crippen molar-refractivity contribution >= 4 is 16.8 Å². The summed E-state index contributed by atoms with van der Waals surface area (Å²) in [5, 5.41) is 0.468. The number of aromatic amines is 1. The molecule has 3 aromatic carbocycles. The standard InChI is InChI=1S/C24H18FN3O4/c25-17-5-3-4-16(11-17)24(30)28(12-15-8-9-20-21(10-15)32-14-31-20)13-22-26-19-7-2-1-6-18(19)23(29)27-22/h1-11H,12-14H2,(H,26,27,29). The van der Waals surface area contributed by atoms with Crippen LogP contribution in [0.1, 0.15) is 21.7 Å². The summed E-state index contributed by atoms with van der Waals surface area (Å²) in [5.41, 5.74) is 1.25. The van der Waals surface area contributed by atoms with Gasteiger partial charge in [-0.15, -0.1) is 0 Å². The summed E-state index contributed by atoms with van der Waals surface area (Å²) < 4.78 is 24.5. The van der Waals surface area contributed by atoms with Crippen molar-refractivity contribution in [3.05, 3.63) is 99.9 Å². The number of aromatic nitrogens is 2. The predicted octanol–water partition coefficient (Wildman–Crippen LogP) is 3.63. The molecule has 0 bridgehead atoms. The van der Waals surface area contributed by atoms with Gasteiger partial charge in [0.2, 0.25) is 6.79 Å². The number of ether oxygens (including phenoxy) is 2. The fraction of sp³-hybridized carbons (Fsp3) is 0.125. The molecule has 32 heavy (non-hydrogen) atoms. The van der Waals surface area contributed by atoms with E-state index in [2.05, 4.69) is 9.97 Å². The highest BCUT2D eigenvalue weighted by atomic mass is 19.1. The number of halogens is 1. The molecule has 0 spiro atoms. The Kier molecular flexibility index (Phi) is 5.03. The predicted molar refractivity (Wildman–Crippen MR) is 115 cm³/mol. The molecule has 0 saturated heterocycles. The summed E-state index contributed by atoms with van der Waals surface area (Å²) in [7, 11) is 0. The van der Waals surface area contributed by atoms with E-state index >= 15 is 0 Å². The van der Waals surface area contributed by atoms with Crippen LogP contribution in [0.15, 0.2) is 71.5 Å². The maximum Gasteiger partial charge on any atom is 0.258 e. The Balaban J connectivity index is 1.50. The van der Waals surface area contributed by atoms with Crippen molar-refractivity contribution in [1.29, 1.82) is 0 Å². The van der Waals surface area contributed by atoms with E-state index in [1.165, 1.54) is 23.1 Å². The summed E-state index contributed by atoms with van der Waals surface area (Å²) >= 11 is 0. The maximum absolute atomic E-state index is 13.8. The van der Waals surface area contributed by atoms with Crippen LogP contribution in [-0.2, 0) is 13.1 Å². The maximum atomic E-state index is 13.8. The summed E-state index contributed by atoms with van der Waals surface area (Å²) in [6, 6.07) is 17.9. The Morgan fingerprint density at radius 1 is 1.00 bits per heavy atom. The molecular formula is C24H18FN3O4. The van der Waals surface area contributed by atoms with Gasteiger partial charge in [0.25, 0.3) is 11.5 Å². The quantitative estimate of drug-likeness (QED) is 0.522. The van der Waals surface area contributed by atoms with Gasteiger partial charge in [-0.1, -0.05) is 24.3 Å². The molecule has 0 atom stereocenters. The third kappa shape index (κ3) is 3.90. The second-order valence-corrected chi connectivity index (χ2v) is 7.39. The van der Waals surface area contributed by atoms with Crippen molar-refractivity contribution in [1.82, 2.24) is 14.9 Å². The first kappa shape index (κ1) is 19.7. The van der Waals surface area contributed by atoms with Crippen LogP contribution in [0.2, 0.25) is 0 Å². The third-order valence-electron chi connectivity index (χ3n) is 5.17. The van der Waals surface area contributed by atoms with Gasteiger partial charge in [-0.3, -0.25) is 9.59 Å². The molecule has 1 N–H and O–H groups in total. The minimum atomic E-state index is -0.504. The molecule has 1 amide bonds. The minimum absolute atomic E-state index is 0.0316. The van der Waals surface area contributed by atoms with Crippen molar-refractivity contribution in [2.75, 3.05) is 6.79 Å². The van der Waals surface area contributed by atoms with E-state index in [9.17, 15) is 14.0 Å². The second kappa shape index (κ2) is 8.14. The van der Waals surface area contributed by atoms with Gasteiger partial charge < -0.3 is 19.4 Å². The number of hydrogen-bond donors (Lipinski definition) is 1. The van der Waals surface area contributed by atoms with E-state index < -0.39 is 11.7 Å². The van der Waals surface area contributed by atoms with Crippen LogP contribution < -0.4 is 15.0 Å². The molecule has 4 aromatic rings. The van der Waals surface area contributed by atoms with Gasteiger partial charge in [0, 0.05) is 12.1 Å². The zero-order valence-corrected chi connectivity index (χ0v) is 16.9. The Labute approximate surface area is 182 Å². The van der Waals surface area contributed by atoms with Crippen molar-refractivity contribution in [2.45, 2.75) is 13.1 Å². The molecule has 1 aromatic heterocycles. The van der Waals surface area contributed by atoms with E-state index in [-0.39, 0.29) is 31.0 Å². The van der Waals surface area contributed by atoms with Gasteiger partial charge in [-0.2, -0.15) is 0 Å². The summed E-state index contributed by atoms with van der Waals surface area (Å²) in [6.07, 6.45) is 0. The lowest BCUT2D eigenvalue weighted by molar-refractivity contribution is 0.0724. The SMILES string of the molecule is O=C(c1cccc(F)c1)N(Cc1ccc2c(c1)OCO2)Cc1nc2ccccc2c(=O)[nH]1. The molecule has 0 fully saturated rings.